The highest BCUT2D eigenvalue weighted by atomic mass is 16.5. The van der Waals surface area contributed by atoms with Crippen molar-refractivity contribution in [2.45, 2.75) is 13.8 Å². The number of aromatic nitrogens is 1. The molecule has 0 unspecified atom stereocenters. The standard InChI is InChI=1S/C18H18N2O/c1-3-21-15-9-10-17-16(12-15)18(11-13(2)19-17)20-14-7-5-4-6-8-14/h4-12H,3H2,1-2H3,(H,19,20). The fraction of sp³-hybridized carbons (Fsp3) is 0.167. The van der Waals surface area contributed by atoms with Crippen LogP contribution in [-0.2, 0) is 0 Å². The molecule has 3 nitrogen and oxygen atoms in total. The van der Waals surface area contributed by atoms with Crippen LogP contribution in [0.5, 0.6) is 5.75 Å². The average molecular weight is 278 g/mol. The van der Waals surface area contributed by atoms with Gasteiger partial charge in [-0.3, -0.25) is 4.98 Å². The Labute approximate surface area is 124 Å². The third kappa shape index (κ3) is 2.97. The Kier molecular flexibility index (Phi) is 3.73. The van der Waals surface area contributed by atoms with E-state index in [0.717, 1.165) is 33.7 Å². The first-order valence-corrected chi connectivity index (χ1v) is 7.12. The summed E-state index contributed by atoms with van der Waals surface area (Å²) in [6, 6.07) is 18.2. The number of para-hydroxylation sites is 1. The zero-order chi connectivity index (χ0) is 14.7. The van der Waals surface area contributed by atoms with Crippen molar-refractivity contribution in [3.63, 3.8) is 0 Å². The Balaban J connectivity index is 2.08. The molecular formula is C18H18N2O. The molecule has 1 N–H and O–H groups in total. The van der Waals surface area contributed by atoms with E-state index in [9.17, 15) is 0 Å². The monoisotopic (exact) mass is 278 g/mol. The molecule has 0 fully saturated rings. The molecular weight excluding hydrogens is 260 g/mol. The number of nitrogens with zero attached hydrogens (tertiary/aromatic N) is 1. The molecule has 0 atom stereocenters. The van der Waals surface area contributed by atoms with Gasteiger partial charge in [-0.2, -0.15) is 0 Å². The molecule has 0 spiro atoms. The van der Waals surface area contributed by atoms with E-state index in [-0.39, 0.29) is 0 Å². The van der Waals surface area contributed by atoms with Crippen molar-refractivity contribution in [3.05, 3.63) is 60.3 Å². The fourth-order valence-electron chi connectivity index (χ4n) is 2.37. The van der Waals surface area contributed by atoms with Crippen molar-refractivity contribution in [1.82, 2.24) is 4.98 Å². The maximum absolute atomic E-state index is 5.59. The minimum Gasteiger partial charge on any atom is -0.494 e. The van der Waals surface area contributed by atoms with Gasteiger partial charge in [0.05, 0.1) is 12.1 Å². The van der Waals surface area contributed by atoms with Crippen LogP contribution in [0, 0.1) is 6.92 Å². The topological polar surface area (TPSA) is 34.1 Å². The van der Waals surface area contributed by atoms with E-state index in [2.05, 4.69) is 16.4 Å². The van der Waals surface area contributed by atoms with Crippen LogP contribution in [0.2, 0.25) is 0 Å². The van der Waals surface area contributed by atoms with E-state index in [4.69, 9.17) is 4.74 Å². The first-order valence-electron chi connectivity index (χ1n) is 7.12. The first kappa shape index (κ1) is 13.4. The van der Waals surface area contributed by atoms with Gasteiger partial charge < -0.3 is 10.1 Å². The molecule has 1 aromatic heterocycles. The molecule has 3 heteroatoms. The van der Waals surface area contributed by atoms with Crippen molar-refractivity contribution < 1.29 is 4.74 Å². The second-order valence-electron chi connectivity index (χ2n) is 4.91. The van der Waals surface area contributed by atoms with Crippen LogP contribution in [-0.4, -0.2) is 11.6 Å². The smallest absolute Gasteiger partial charge is 0.120 e. The molecule has 0 bridgehead atoms. The van der Waals surface area contributed by atoms with Crippen LogP contribution in [0.15, 0.2) is 54.6 Å². The highest BCUT2D eigenvalue weighted by molar-refractivity contribution is 5.94. The van der Waals surface area contributed by atoms with Gasteiger partial charge >= 0.3 is 0 Å². The molecule has 0 radical (unpaired) electrons. The zero-order valence-electron chi connectivity index (χ0n) is 12.3. The Morgan fingerprint density at radius 1 is 1.05 bits per heavy atom. The Morgan fingerprint density at radius 3 is 2.62 bits per heavy atom. The number of ether oxygens (including phenoxy) is 1. The van der Waals surface area contributed by atoms with Crippen LogP contribution in [0.25, 0.3) is 10.9 Å². The van der Waals surface area contributed by atoms with E-state index in [1.165, 1.54) is 0 Å². The van der Waals surface area contributed by atoms with Crippen molar-refractivity contribution >= 4 is 22.3 Å². The zero-order valence-corrected chi connectivity index (χ0v) is 12.3. The molecule has 0 saturated carbocycles. The normalized spacial score (nSPS) is 10.6. The SMILES string of the molecule is CCOc1ccc2nc(C)cc(Nc3ccccc3)c2c1. The van der Waals surface area contributed by atoms with Crippen LogP contribution in [0.1, 0.15) is 12.6 Å². The second kappa shape index (κ2) is 5.83. The van der Waals surface area contributed by atoms with Crippen molar-refractivity contribution in [2.75, 3.05) is 11.9 Å². The summed E-state index contributed by atoms with van der Waals surface area (Å²) < 4.78 is 5.59. The Bertz CT molecular complexity index is 754. The summed E-state index contributed by atoms with van der Waals surface area (Å²) >= 11 is 0. The number of anilines is 2. The largest absolute Gasteiger partial charge is 0.494 e. The number of hydrogen-bond donors (Lipinski definition) is 1. The first-order chi connectivity index (χ1) is 10.3. The molecule has 0 aliphatic carbocycles. The second-order valence-corrected chi connectivity index (χ2v) is 4.91. The lowest BCUT2D eigenvalue weighted by Gasteiger charge is -2.12. The van der Waals surface area contributed by atoms with E-state index in [1.807, 2.05) is 62.4 Å². The summed E-state index contributed by atoms with van der Waals surface area (Å²) in [6.45, 7) is 4.65. The van der Waals surface area contributed by atoms with Crippen LogP contribution < -0.4 is 10.1 Å². The van der Waals surface area contributed by atoms with E-state index >= 15 is 0 Å². The Hall–Kier alpha value is -2.55. The molecule has 21 heavy (non-hydrogen) atoms. The van der Waals surface area contributed by atoms with Gasteiger partial charge in [0.25, 0.3) is 0 Å². The number of nitrogens with one attached hydrogen (secondary N) is 1. The minimum atomic E-state index is 0.659. The average Bonchev–Trinajstić information content (AvgIpc) is 2.49. The van der Waals surface area contributed by atoms with E-state index in [1.54, 1.807) is 0 Å². The lowest BCUT2D eigenvalue weighted by atomic mass is 10.1. The number of benzene rings is 2. The van der Waals surface area contributed by atoms with Gasteiger partial charge in [-0.1, -0.05) is 18.2 Å². The van der Waals surface area contributed by atoms with Crippen LogP contribution in [0.3, 0.4) is 0 Å². The maximum Gasteiger partial charge on any atom is 0.120 e. The van der Waals surface area contributed by atoms with Crippen molar-refractivity contribution in [3.8, 4) is 5.75 Å². The van der Waals surface area contributed by atoms with Gasteiger partial charge in [-0.15, -0.1) is 0 Å². The predicted octanol–water partition coefficient (Wildman–Crippen LogP) is 4.69. The summed E-state index contributed by atoms with van der Waals surface area (Å²) in [5.74, 6) is 0.867. The van der Waals surface area contributed by atoms with Gasteiger partial charge in [0, 0.05) is 22.5 Å². The molecule has 3 aromatic rings. The Morgan fingerprint density at radius 2 is 1.86 bits per heavy atom. The maximum atomic E-state index is 5.59. The van der Waals surface area contributed by atoms with Gasteiger partial charge in [-0.05, 0) is 50.2 Å². The third-order valence-electron chi connectivity index (χ3n) is 3.27. The van der Waals surface area contributed by atoms with Gasteiger partial charge in [0.2, 0.25) is 0 Å². The molecule has 0 saturated heterocycles. The number of aryl methyl sites for hydroxylation is 1. The molecule has 0 aliphatic heterocycles. The molecule has 0 amide bonds. The summed E-state index contributed by atoms with van der Waals surface area (Å²) in [7, 11) is 0. The third-order valence-corrected chi connectivity index (χ3v) is 3.27. The molecule has 1 heterocycles. The predicted molar refractivity (Wildman–Crippen MR) is 87.4 cm³/mol. The summed E-state index contributed by atoms with van der Waals surface area (Å²) in [6.07, 6.45) is 0. The molecule has 0 aliphatic rings. The summed E-state index contributed by atoms with van der Waals surface area (Å²) in [4.78, 5) is 4.58. The van der Waals surface area contributed by atoms with Gasteiger partial charge in [0.1, 0.15) is 5.75 Å². The number of rotatable bonds is 4. The lowest BCUT2D eigenvalue weighted by Crippen LogP contribution is -1.96. The molecule has 106 valence electrons. The van der Waals surface area contributed by atoms with E-state index in [0.29, 0.717) is 6.61 Å². The number of hydrogen-bond acceptors (Lipinski definition) is 3. The summed E-state index contributed by atoms with van der Waals surface area (Å²) in [5, 5.41) is 4.53. The highest BCUT2D eigenvalue weighted by Crippen LogP contribution is 2.29. The molecule has 3 rings (SSSR count). The molecule has 2 aromatic carbocycles. The minimum absolute atomic E-state index is 0.659. The number of pyridine rings is 1. The quantitative estimate of drug-likeness (QED) is 0.752. The fourth-order valence-corrected chi connectivity index (χ4v) is 2.37. The van der Waals surface area contributed by atoms with Crippen molar-refractivity contribution in [1.29, 1.82) is 0 Å². The highest BCUT2D eigenvalue weighted by Gasteiger charge is 2.06. The van der Waals surface area contributed by atoms with Gasteiger partial charge in [-0.25, -0.2) is 0 Å². The van der Waals surface area contributed by atoms with Crippen LogP contribution in [0.4, 0.5) is 11.4 Å². The lowest BCUT2D eigenvalue weighted by molar-refractivity contribution is 0.340. The van der Waals surface area contributed by atoms with Crippen molar-refractivity contribution in [2.24, 2.45) is 0 Å². The summed E-state index contributed by atoms with van der Waals surface area (Å²) in [5.41, 5.74) is 4.07. The van der Waals surface area contributed by atoms with Gasteiger partial charge in [0.15, 0.2) is 0 Å². The van der Waals surface area contributed by atoms with E-state index < -0.39 is 0 Å². The van der Waals surface area contributed by atoms with Crippen LogP contribution >= 0.6 is 0 Å². The number of fused-ring (bicyclic) bond motifs is 1.